The van der Waals surface area contributed by atoms with Crippen molar-refractivity contribution < 1.29 is 32.7 Å². The average molecular weight is 455 g/mol. The van der Waals surface area contributed by atoms with Gasteiger partial charge in [0.25, 0.3) is 5.91 Å². The number of aliphatic carboxylic acids is 1. The van der Waals surface area contributed by atoms with Crippen LogP contribution in [0.4, 0.5) is 13.2 Å². The highest BCUT2D eigenvalue weighted by atomic mass is 19.4. The second-order valence-corrected chi connectivity index (χ2v) is 8.54. The molecule has 1 aromatic carbocycles. The van der Waals surface area contributed by atoms with E-state index in [1.165, 1.54) is 18.4 Å². The van der Waals surface area contributed by atoms with Crippen LogP contribution in [0, 0.1) is 5.92 Å². The monoisotopic (exact) mass is 455 g/mol. The first-order chi connectivity index (χ1) is 15.1. The number of benzene rings is 1. The van der Waals surface area contributed by atoms with E-state index < -0.39 is 18.2 Å². The van der Waals surface area contributed by atoms with Crippen LogP contribution in [0.15, 0.2) is 24.3 Å². The van der Waals surface area contributed by atoms with Crippen molar-refractivity contribution in [1.82, 2.24) is 16.0 Å². The van der Waals surface area contributed by atoms with Gasteiger partial charge in [0.05, 0.1) is 0 Å². The predicted molar refractivity (Wildman–Crippen MR) is 110 cm³/mol. The Morgan fingerprint density at radius 3 is 2.53 bits per heavy atom. The molecule has 1 aliphatic heterocycles. The Labute approximate surface area is 184 Å². The smallest absolute Gasteiger partial charge is 0.475 e. The summed E-state index contributed by atoms with van der Waals surface area (Å²) >= 11 is 0. The van der Waals surface area contributed by atoms with Gasteiger partial charge in [-0.25, -0.2) is 4.79 Å². The Morgan fingerprint density at radius 1 is 1.16 bits per heavy atom. The van der Waals surface area contributed by atoms with Gasteiger partial charge in [-0.15, -0.1) is 0 Å². The molecule has 1 aromatic rings. The van der Waals surface area contributed by atoms with Crippen LogP contribution in [0.1, 0.15) is 60.4 Å². The summed E-state index contributed by atoms with van der Waals surface area (Å²) in [6, 6.07) is 8.04. The summed E-state index contributed by atoms with van der Waals surface area (Å²) in [5, 5.41) is 16.5. The van der Waals surface area contributed by atoms with Gasteiger partial charge in [-0.2, -0.15) is 13.2 Å². The van der Waals surface area contributed by atoms with E-state index in [9.17, 15) is 22.8 Å². The second kappa shape index (κ2) is 10.3. The Morgan fingerprint density at radius 2 is 1.88 bits per heavy atom. The van der Waals surface area contributed by atoms with Crippen molar-refractivity contribution in [3.8, 4) is 0 Å². The van der Waals surface area contributed by atoms with Gasteiger partial charge in [-0.05, 0) is 68.7 Å². The van der Waals surface area contributed by atoms with Crippen LogP contribution in [0.5, 0.6) is 0 Å². The lowest BCUT2D eigenvalue weighted by Gasteiger charge is -2.15. The van der Waals surface area contributed by atoms with E-state index in [2.05, 4.69) is 22.0 Å². The van der Waals surface area contributed by atoms with Gasteiger partial charge in [0.15, 0.2) is 0 Å². The summed E-state index contributed by atoms with van der Waals surface area (Å²) in [5.41, 5.74) is 1.88. The molecule has 2 aliphatic carbocycles. The van der Waals surface area contributed by atoms with Crippen molar-refractivity contribution in [2.24, 2.45) is 5.92 Å². The molecule has 2 amide bonds. The quantitative estimate of drug-likeness (QED) is 0.528. The molecule has 176 valence electrons. The molecule has 10 heteroatoms. The maximum absolute atomic E-state index is 12.6. The van der Waals surface area contributed by atoms with Gasteiger partial charge in [0.1, 0.15) is 6.04 Å². The first-order valence-corrected chi connectivity index (χ1v) is 10.9. The molecule has 4 N–H and O–H groups in total. The fourth-order valence-corrected chi connectivity index (χ4v) is 3.66. The van der Waals surface area contributed by atoms with Gasteiger partial charge >= 0.3 is 12.1 Å². The van der Waals surface area contributed by atoms with E-state index in [0.29, 0.717) is 30.5 Å². The summed E-state index contributed by atoms with van der Waals surface area (Å²) in [7, 11) is 0. The molecule has 0 radical (unpaired) electrons. The van der Waals surface area contributed by atoms with Gasteiger partial charge in [0.2, 0.25) is 5.91 Å². The lowest BCUT2D eigenvalue weighted by Crippen LogP contribution is -2.45. The number of halogens is 3. The first-order valence-electron chi connectivity index (χ1n) is 10.9. The number of hydrogen-bond acceptors (Lipinski definition) is 4. The number of nitrogens with one attached hydrogen (secondary N) is 3. The van der Waals surface area contributed by atoms with Crippen molar-refractivity contribution in [2.75, 3.05) is 13.1 Å². The van der Waals surface area contributed by atoms with Gasteiger partial charge in [0, 0.05) is 24.1 Å². The molecule has 1 saturated heterocycles. The maximum atomic E-state index is 12.6. The molecule has 32 heavy (non-hydrogen) atoms. The zero-order valence-corrected chi connectivity index (χ0v) is 17.6. The molecule has 0 spiro atoms. The molecule has 1 heterocycles. The minimum absolute atomic E-state index is 0.0615. The molecule has 3 unspecified atom stereocenters. The molecule has 7 nitrogen and oxygen atoms in total. The van der Waals surface area contributed by atoms with Crippen LogP contribution in [-0.2, 0) is 9.59 Å². The Kier molecular flexibility index (Phi) is 7.76. The second-order valence-electron chi connectivity index (χ2n) is 8.54. The summed E-state index contributed by atoms with van der Waals surface area (Å²) < 4.78 is 31.7. The van der Waals surface area contributed by atoms with Crippen LogP contribution >= 0.6 is 0 Å². The molecule has 3 atom stereocenters. The standard InChI is InChI=1S/C20H27N3O2.C2HF3O2/c24-19(23-17-6-1-2-9-21-20(17)25)15-5-3-4-14(10-15)16-11-18(16)22-12-13-7-8-13;3-2(4,5)1(6)7/h3-5,10,13,16-18,22H,1-2,6-9,11-12H2,(H,21,25)(H,23,24);(H,6,7). The molecule has 2 saturated carbocycles. The van der Waals surface area contributed by atoms with Crippen LogP contribution in [0.3, 0.4) is 0 Å². The molecular formula is C22H28F3N3O4. The number of carbonyl (C=O) groups excluding carboxylic acids is 2. The topological polar surface area (TPSA) is 108 Å². The van der Waals surface area contributed by atoms with Crippen molar-refractivity contribution in [2.45, 2.75) is 62.7 Å². The van der Waals surface area contributed by atoms with Gasteiger partial charge < -0.3 is 21.1 Å². The van der Waals surface area contributed by atoms with E-state index in [0.717, 1.165) is 31.7 Å². The van der Waals surface area contributed by atoms with Crippen LogP contribution in [0.25, 0.3) is 0 Å². The summed E-state index contributed by atoms with van der Waals surface area (Å²) in [5.74, 6) is -1.55. The third-order valence-electron chi connectivity index (χ3n) is 5.82. The average Bonchev–Trinajstić information content (AvgIpc) is 3.63. The minimum atomic E-state index is -5.08. The normalized spacial score (nSPS) is 25.0. The summed E-state index contributed by atoms with van der Waals surface area (Å²) in [6.45, 7) is 1.84. The number of amides is 2. The maximum Gasteiger partial charge on any atom is 0.490 e. The Balaban J connectivity index is 0.000000360. The summed E-state index contributed by atoms with van der Waals surface area (Å²) in [6.07, 6.45) is 1.46. The van der Waals surface area contributed by atoms with E-state index in [-0.39, 0.29) is 11.8 Å². The van der Waals surface area contributed by atoms with E-state index in [1.807, 2.05) is 18.2 Å². The highest BCUT2D eigenvalue weighted by Crippen LogP contribution is 2.41. The molecule has 3 aliphatic rings. The van der Waals surface area contributed by atoms with Crippen LogP contribution < -0.4 is 16.0 Å². The van der Waals surface area contributed by atoms with E-state index in [1.54, 1.807) is 0 Å². The van der Waals surface area contributed by atoms with Crippen molar-refractivity contribution in [3.63, 3.8) is 0 Å². The highest BCUT2D eigenvalue weighted by Gasteiger charge is 2.39. The number of rotatable bonds is 6. The van der Waals surface area contributed by atoms with Crippen LogP contribution in [0.2, 0.25) is 0 Å². The van der Waals surface area contributed by atoms with Crippen molar-refractivity contribution in [3.05, 3.63) is 35.4 Å². The zero-order valence-electron chi connectivity index (χ0n) is 17.6. The van der Waals surface area contributed by atoms with Gasteiger partial charge in [-0.1, -0.05) is 12.1 Å². The van der Waals surface area contributed by atoms with E-state index in [4.69, 9.17) is 9.90 Å². The Hall–Kier alpha value is -2.62. The fraction of sp³-hybridized carbons (Fsp3) is 0.591. The molecule has 4 rings (SSSR count). The SMILES string of the molecule is O=C(NC1CCCCNC1=O)c1cccc(C2CC2NCC2CC2)c1.O=C(O)C(F)(F)F. The predicted octanol–water partition coefficient (Wildman–Crippen LogP) is 2.57. The number of carbonyl (C=O) groups is 3. The Bertz CT molecular complexity index is 842. The largest absolute Gasteiger partial charge is 0.490 e. The van der Waals surface area contributed by atoms with E-state index >= 15 is 0 Å². The molecule has 0 bridgehead atoms. The lowest BCUT2D eigenvalue weighted by atomic mass is 10.1. The number of alkyl halides is 3. The first kappa shape index (κ1) is 24.0. The number of carboxylic acid groups (broad SMARTS) is 1. The van der Waals surface area contributed by atoms with Crippen molar-refractivity contribution in [1.29, 1.82) is 0 Å². The molecule has 0 aromatic heterocycles. The third-order valence-corrected chi connectivity index (χ3v) is 5.82. The lowest BCUT2D eigenvalue weighted by molar-refractivity contribution is -0.192. The van der Waals surface area contributed by atoms with Crippen LogP contribution in [-0.4, -0.2) is 54.2 Å². The molecular weight excluding hydrogens is 427 g/mol. The molecule has 3 fully saturated rings. The number of hydrogen-bond donors (Lipinski definition) is 4. The third kappa shape index (κ3) is 7.22. The zero-order chi connectivity index (χ0) is 23.3. The highest BCUT2D eigenvalue weighted by molar-refractivity contribution is 5.97. The van der Waals surface area contributed by atoms with Gasteiger partial charge in [-0.3, -0.25) is 9.59 Å². The fourth-order valence-electron chi connectivity index (χ4n) is 3.66. The van der Waals surface area contributed by atoms with Crippen molar-refractivity contribution >= 4 is 17.8 Å². The summed E-state index contributed by atoms with van der Waals surface area (Å²) in [4.78, 5) is 33.5. The minimum Gasteiger partial charge on any atom is -0.475 e. The number of carboxylic acids is 1.